The normalized spacial score (nSPS) is 10.8. The summed E-state index contributed by atoms with van der Waals surface area (Å²) in [7, 11) is 0. The Morgan fingerprint density at radius 1 is 1.58 bits per heavy atom. The molecule has 7 heteroatoms. The first-order chi connectivity index (χ1) is 9.06. The lowest BCUT2D eigenvalue weighted by molar-refractivity contribution is 0.0958. The van der Waals surface area contributed by atoms with E-state index in [-0.39, 0.29) is 11.7 Å². The second kappa shape index (κ2) is 5.57. The highest BCUT2D eigenvalue weighted by Crippen LogP contribution is 2.19. The van der Waals surface area contributed by atoms with Crippen molar-refractivity contribution in [2.75, 3.05) is 5.73 Å². The summed E-state index contributed by atoms with van der Waals surface area (Å²) in [6.45, 7) is 1.69. The van der Waals surface area contributed by atoms with Crippen molar-refractivity contribution in [3.8, 4) is 0 Å². The Kier molecular flexibility index (Phi) is 3.86. The molecule has 0 atom stereocenters. The molecule has 0 radical (unpaired) electrons. The fraction of sp³-hybridized carbons (Fsp3) is 0.0833. The van der Waals surface area contributed by atoms with Gasteiger partial charge in [0.15, 0.2) is 5.13 Å². The van der Waals surface area contributed by atoms with E-state index >= 15 is 0 Å². The van der Waals surface area contributed by atoms with E-state index in [1.54, 1.807) is 19.1 Å². The third-order valence-corrected chi connectivity index (χ3v) is 3.23. The number of carbonyl (C=O) groups excluding carboxylic acids is 1. The van der Waals surface area contributed by atoms with Crippen LogP contribution < -0.4 is 11.2 Å². The van der Waals surface area contributed by atoms with E-state index in [1.807, 2.05) is 0 Å². The molecule has 98 valence electrons. The largest absolute Gasteiger partial charge is 0.375 e. The van der Waals surface area contributed by atoms with E-state index in [4.69, 9.17) is 5.73 Å². The number of aryl methyl sites for hydroxylation is 1. The number of carbonyl (C=O) groups is 1. The lowest BCUT2D eigenvalue weighted by Crippen LogP contribution is -2.17. The Morgan fingerprint density at radius 2 is 2.37 bits per heavy atom. The summed E-state index contributed by atoms with van der Waals surface area (Å²) in [4.78, 5) is 16.1. The zero-order valence-electron chi connectivity index (χ0n) is 10.1. The molecule has 2 rings (SSSR count). The van der Waals surface area contributed by atoms with Crippen molar-refractivity contribution in [2.24, 2.45) is 5.10 Å². The van der Waals surface area contributed by atoms with Gasteiger partial charge in [-0.25, -0.2) is 14.8 Å². The van der Waals surface area contributed by atoms with Crippen molar-refractivity contribution >= 4 is 28.6 Å². The first-order valence-electron chi connectivity index (χ1n) is 5.38. The number of rotatable bonds is 3. The monoisotopic (exact) mass is 278 g/mol. The molecule has 0 aliphatic rings. The molecule has 0 bridgehead atoms. The van der Waals surface area contributed by atoms with Gasteiger partial charge >= 0.3 is 0 Å². The predicted octanol–water partition coefficient (Wildman–Crippen LogP) is 1.94. The molecule has 19 heavy (non-hydrogen) atoms. The van der Waals surface area contributed by atoms with E-state index in [1.165, 1.54) is 18.3 Å². The van der Waals surface area contributed by atoms with Gasteiger partial charge in [-0.05, 0) is 24.6 Å². The molecule has 0 aliphatic heterocycles. The van der Waals surface area contributed by atoms with Crippen molar-refractivity contribution in [2.45, 2.75) is 6.92 Å². The number of anilines is 1. The highest BCUT2D eigenvalue weighted by molar-refractivity contribution is 7.17. The molecule has 1 heterocycles. The molecular weight excluding hydrogens is 267 g/mol. The summed E-state index contributed by atoms with van der Waals surface area (Å²) < 4.78 is 12.9. The summed E-state index contributed by atoms with van der Waals surface area (Å²) in [5.74, 6) is -0.749. The van der Waals surface area contributed by atoms with Crippen LogP contribution in [0.1, 0.15) is 20.9 Å². The molecule has 2 aromatic rings. The quantitative estimate of drug-likeness (QED) is 0.665. The molecule has 3 N–H and O–H groups in total. The molecule has 0 saturated carbocycles. The van der Waals surface area contributed by atoms with Crippen LogP contribution in [0.4, 0.5) is 9.52 Å². The summed E-state index contributed by atoms with van der Waals surface area (Å²) >= 11 is 1.09. The van der Waals surface area contributed by atoms with Crippen LogP contribution in [0.3, 0.4) is 0 Å². The molecule has 0 fully saturated rings. The van der Waals surface area contributed by atoms with Crippen molar-refractivity contribution in [3.63, 3.8) is 0 Å². The van der Waals surface area contributed by atoms with Crippen molar-refractivity contribution < 1.29 is 9.18 Å². The zero-order chi connectivity index (χ0) is 13.8. The number of nitrogen functional groups attached to an aromatic ring is 1. The molecule has 1 aromatic heterocycles. The standard InChI is InChI=1S/C12H11FN4OS/c1-7-10(19-12(14)16-7)11(18)17-15-6-8-3-2-4-9(13)5-8/h2-6H,1H3,(H2,14,16)(H,17,18). The summed E-state index contributed by atoms with van der Waals surface area (Å²) in [5, 5.41) is 4.09. The number of thiazole rings is 1. The van der Waals surface area contributed by atoms with Crippen LogP contribution in [0.15, 0.2) is 29.4 Å². The van der Waals surface area contributed by atoms with Crippen molar-refractivity contribution in [1.29, 1.82) is 0 Å². The van der Waals surface area contributed by atoms with Gasteiger partial charge in [-0.1, -0.05) is 23.5 Å². The van der Waals surface area contributed by atoms with Gasteiger partial charge in [-0.15, -0.1) is 0 Å². The second-order valence-corrected chi connectivity index (χ2v) is 4.75. The molecule has 0 saturated heterocycles. The number of nitrogens with one attached hydrogen (secondary N) is 1. The smallest absolute Gasteiger partial charge is 0.283 e. The van der Waals surface area contributed by atoms with Gasteiger partial charge in [0.2, 0.25) is 0 Å². The lowest BCUT2D eigenvalue weighted by atomic mass is 10.2. The number of aromatic nitrogens is 1. The number of nitrogens with two attached hydrogens (primary N) is 1. The zero-order valence-corrected chi connectivity index (χ0v) is 10.9. The lowest BCUT2D eigenvalue weighted by Gasteiger charge is -1.97. The van der Waals surface area contributed by atoms with E-state index < -0.39 is 0 Å². The highest BCUT2D eigenvalue weighted by atomic mass is 32.1. The average molecular weight is 278 g/mol. The number of hydrazone groups is 1. The second-order valence-electron chi connectivity index (χ2n) is 3.72. The molecule has 5 nitrogen and oxygen atoms in total. The van der Waals surface area contributed by atoms with Gasteiger partial charge in [0.05, 0.1) is 11.9 Å². The summed E-state index contributed by atoms with van der Waals surface area (Å²) in [5.41, 5.74) is 8.96. The van der Waals surface area contributed by atoms with Gasteiger partial charge in [0.25, 0.3) is 5.91 Å². The number of halogens is 1. The predicted molar refractivity (Wildman–Crippen MR) is 72.7 cm³/mol. The third kappa shape index (κ3) is 3.35. The van der Waals surface area contributed by atoms with Crippen molar-refractivity contribution in [3.05, 3.63) is 46.2 Å². The van der Waals surface area contributed by atoms with Gasteiger partial charge in [0, 0.05) is 0 Å². The molecule has 0 aliphatic carbocycles. The van der Waals surface area contributed by atoms with Crippen molar-refractivity contribution in [1.82, 2.24) is 10.4 Å². The Hall–Kier alpha value is -2.28. The summed E-state index contributed by atoms with van der Waals surface area (Å²) in [6, 6.07) is 5.88. The Bertz CT molecular complexity index is 638. The maximum Gasteiger partial charge on any atom is 0.283 e. The maximum absolute atomic E-state index is 12.9. The van der Waals surface area contributed by atoms with Crippen LogP contribution in [0.2, 0.25) is 0 Å². The maximum atomic E-state index is 12.9. The number of hydrogen-bond donors (Lipinski definition) is 2. The Morgan fingerprint density at radius 3 is 3.00 bits per heavy atom. The van der Waals surface area contributed by atoms with E-state index in [2.05, 4.69) is 15.5 Å². The molecule has 1 aromatic carbocycles. The topological polar surface area (TPSA) is 80.4 Å². The molecule has 1 amide bonds. The summed E-state index contributed by atoms with van der Waals surface area (Å²) in [6.07, 6.45) is 1.36. The van der Waals surface area contributed by atoms with Gasteiger partial charge in [-0.3, -0.25) is 4.79 Å². The molecular formula is C12H11FN4OS. The number of amides is 1. The van der Waals surface area contributed by atoms with Gasteiger partial charge < -0.3 is 5.73 Å². The SMILES string of the molecule is Cc1nc(N)sc1C(=O)NN=Cc1cccc(F)c1. The molecule has 0 unspecified atom stereocenters. The van der Waals surface area contributed by atoms with Crippen LogP contribution in [0, 0.1) is 12.7 Å². The Labute approximate surface area is 113 Å². The van der Waals surface area contributed by atoms with Gasteiger partial charge in [-0.2, -0.15) is 5.10 Å². The number of benzene rings is 1. The van der Waals surface area contributed by atoms with E-state index in [0.29, 0.717) is 21.3 Å². The minimum Gasteiger partial charge on any atom is -0.375 e. The van der Waals surface area contributed by atoms with Crippen LogP contribution in [-0.2, 0) is 0 Å². The van der Waals surface area contributed by atoms with E-state index in [0.717, 1.165) is 11.3 Å². The Balaban J connectivity index is 2.03. The van der Waals surface area contributed by atoms with Crippen LogP contribution in [0.5, 0.6) is 0 Å². The first-order valence-corrected chi connectivity index (χ1v) is 6.20. The van der Waals surface area contributed by atoms with Gasteiger partial charge in [0.1, 0.15) is 10.7 Å². The first kappa shape index (κ1) is 13.2. The average Bonchev–Trinajstić information content (AvgIpc) is 2.68. The minimum atomic E-state index is -0.389. The fourth-order valence-electron chi connectivity index (χ4n) is 1.43. The third-order valence-electron chi connectivity index (χ3n) is 2.25. The van der Waals surface area contributed by atoms with Crippen LogP contribution in [-0.4, -0.2) is 17.1 Å². The molecule has 0 spiro atoms. The van der Waals surface area contributed by atoms with Crippen LogP contribution >= 0.6 is 11.3 Å². The van der Waals surface area contributed by atoms with E-state index in [9.17, 15) is 9.18 Å². The van der Waals surface area contributed by atoms with Crippen LogP contribution in [0.25, 0.3) is 0 Å². The minimum absolute atomic E-state index is 0.330. The number of hydrogen-bond acceptors (Lipinski definition) is 5. The fourth-order valence-corrected chi connectivity index (χ4v) is 2.15. The highest BCUT2D eigenvalue weighted by Gasteiger charge is 2.13. The number of nitrogens with zero attached hydrogens (tertiary/aromatic N) is 2.